The maximum atomic E-state index is 12.2. The Morgan fingerprint density at radius 2 is 0.941 bits per heavy atom. The van der Waals surface area contributed by atoms with Gasteiger partial charge >= 0.3 is 11.9 Å². The summed E-state index contributed by atoms with van der Waals surface area (Å²) < 4.78 is 11.0. The van der Waals surface area contributed by atoms with E-state index in [4.69, 9.17) is 9.47 Å². The van der Waals surface area contributed by atoms with Crippen LogP contribution in [-0.2, 0) is 19.1 Å². The fourth-order valence-electron chi connectivity index (χ4n) is 7.24. The number of nitrogens with one attached hydrogen (secondary N) is 2. The van der Waals surface area contributed by atoms with Crippen molar-refractivity contribution >= 4 is 23.3 Å². The molecule has 0 fully saturated rings. The predicted molar refractivity (Wildman–Crippen MR) is 214 cm³/mol. The van der Waals surface area contributed by atoms with Crippen molar-refractivity contribution in [3.63, 3.8) is 0 Å². The molecule has 0 atom stereocenters. The van der Waals surface area contributed by atoms with Gasteiger partial charge in [0.2, 0.25) is 0 Å². The lowest BCUT2D eigenvalue weighted by molar-refractivity contribution is -0.145. The van der Waals surface area contributed by atoms with Crippen LogP contribution in [-0.4, -0.2) is 63.3 Å². The van der Waals surface area contributed by atoms with Crippen LogP contribution >= 0.6 is 0 Å². The van der Waals surface area contributed by atoms with Crippen LogP contribution in [0.15, 0.2) is 9.59 Å². The Hall–Kier alpha value is -2.42. The Labute approximate surface area is 311 Å². The van der Waals surface area contributed by atoms with Crippen molar-refractivity contribution < 1.29 is 19.1 Å². The minimum atomic E-state index is -0.443. The number of rotatable bonds is 36. The number of carbonyl (C=O) groups excluding carboxylic acids is 2. The lowest BCUT2D eigenvalue weighted by Gasteiger charge is -2.23. The number of nitrogens with zero attached hydrogens (tertiary/aromatic N) is 1. The Bertz CT molecular complexity index is 1030. The van der Waals surface area contributed by atoms with Crippen LogP contribution in [0.25, 0.3) is 0 Å². The molecule has 0 aliphatic carbocycles. The first-order valence-corrected chi connectivity index (χ1v) is 21.1. The molecule has 0 aromatic heterocycles. The van der Waals surface area contributed by atoms with Crippen molar-refractivity contribution in [3.8, 4) is 0 Å². The maximum absolute atomic E-state index is 12.2. The summed E-state index contributed by atoms with van der Waals surface area (Å²) in [6, 6.07) is 0. The second-order valence-corrected chi connectivity index (χ2v) is 14.7. The Balaban J connectivity index is 2.30. The second kappa shape index (κ2) is 31.1. The van der Waals surface area contributed by atoms with Gasteiger partial charge in [-0.15, -0.1) is 0 Å². The van der Waals surface area contributed by atoms with Gasteiger partial charge in [-0.1, -0.05) is 118 Å². The van der Waals surface area contributed by atoms with E-state index in [1.165, 1.54) is 51.4 Å². The molecule has 296 valence electrons. The standard InChI is InChI=1S/C42H77N3O6/c1-6-21-35(22-7-2)27-33-50-37(46)25-16-12-10-14-18-30-45(32-20-29-44-40-39(43-5)41(48)42(40)49)31-19-15-11-13-17-26-38(47)51-34-28-36(23-8-3)24-9-4/h35-36,43-44H,6-34H2,1-5H3. The Morgan fingerprint density at radius 1 is 0.549 bits per heavy atom. The molecule has 0 aliphatic heterocycles. The first-order valence-electron chi connectivity index (χ1n) is 21.1. The van der Waals surface area contributed by atoms with Gasteiger partial charge in [0.25, 0.3) is 10.9 Å². The summed E-state index contributed by atoms with van der Waals surface area (Å²) in [5, 5.41) is 5.98. The third-order valence-electron chi connectivity index (χ3n) is 10.2. The molecule has 0 saturated carbocycles. The van der Waals surface area contributed by atoms with Gasteiger partial charge in [0, 0.05) is 26.4 Å². The molecular formula is C42H77N3O6. The highest BCUT2D eigenvalue weighted by Gasteiger charge is 2.19. The van der Waals surface area contributed by atoms with E-state index in [2.05, 4.69) is 43.2 Å². The molecular weight excluding hydrogens is 642 g/mol. The van der Waals surface area contributed by atoms with Crippen LogP contribution < -0.4 is 21.5 Å². The molecule has 0 aliphatic rings. The first kappa shape index (κ1) is 46.6. The van der Waals surface area contributed by atoms with Gasteiger partial charge in [-0.25, -0.2) is 0 Å². The van der Waals surface area contributed by atoms with E-state index in [1.54, 1.807) is 7.05 Å². The molecule has 9 heteroatoms. The summed E-state index contributed by atoms with van der Waals surface area (Å²) in [6.45, 7) is 13.7. The first-order chi connectivity index (χ1) is 24.8. The zero-order valence-electron chi connectivity index (χ0n) is 33.6. The minimum Gasteiger partial charge on any atom is -0.466 e. The molecule has 1 rings (SSSR count). The summed E-state index contributed by atoms with van der Waals surface area (Å²) in [4.78, 5) is 50.5. The summed E-state index contributed by atoms with van der Waals surface area (Å²) in [6.07, 6.45) is 24.2. The zero-order chi connectivity index (χ0) is 37.5. The van der Waals surface area contributed by atoms with Crippen molar-refractivity contribution in [2.75, 3.05) is 57.1 Å². The van der Waals surface area contributed by atoms with Crippen molar-refractivity contribution in [3.05, 3.63) is 20.4 Å². The number of ether oxygens (including phenoxy) is 2. The van der Waals surface area contributed by atoms with Crippen LogP contribution in [0.4, 0.5) is 11.4 Å². The largest absolute Gasteiger partial charge is 0.466 e. The molecule has 0 bridgehead atoms. The van der Waals surface area contributed by atoms with Crippen molar-refractivity contribution in [1.82, 2.24) is 4.90 Å². The SMILES string of the molecule is CCCC(CCC)CCOC(=O)CCCCCCCN(CCCCCCCC(=O)OCCC(CCC)CCC)CCCNc1c(NC)c(=O)c1=O. The molecule has 51 heavy (non-hydrogen) atoms. The normalized spacial score (nSPS) is 11.6. The van der Waals surface area contributed by atoms with Gasteiger partial charge in [-0.05, 0) is 76.4 Å². The Kier molecular flexibility index (Phi) is 28.5. The molecule has 2 N–H and O–H groups in total. The van der Waals surface area contributed by atoms with E-state index in [0.29, 0.717) is 55.8 Å². The third kappa shape index (κ3) is 22.3. The molecule has 0 heterocycles. The topological polar surface area (TPSA) is 114 Å². The van der Waals surface area contributed by atoms with Gasteiger partial charge in [-0.2, -0.15) is 0 Å². The highest BCUT2D eigenvalue weighted by atomic mass is 16.5. The van der Waals surface area contributed by atoms with Gasteiger partial charge in [0.15, 0.2) is 0 Å². The van der Waals surface area contributed by atoms with Crippen LogP contribution in [0.1, 0.15) is 175 Å². The fourth-order valence-corrected chi connectivity index (χ4v) is 7.24. The van der Waals surface area contributed by atoms with E-state index in [0.717, 1.165) is 103 Å². The maximum Gasteiger partial charge on any atom is 0.305 e. The van der Waals surface area contributed by atoms with E-state index in [9.17, 15) is 19.2 Å². The van der Waals surface area contributed by atoms with Crippen LogP contribution in [0.2, 0.25) is 0 Å². The highest BCUT2D eigenvalue weighted by Crippen LogP contribution is 2.19. The number of hydrogen-bond donors (Lipinski definition) is 2. The number of hydrogen-bond acceptors (Lipinski definition) is 9. The van der Waals surface area contributed by atoms with Crippen LogP contribution in [0, 0.1) is 11.8 Å². The second-order valence-electron chi connectivity index (χ2n) is 14.7. The van der Waals surface area contributed by atoms with E-state index in [-0.39, 0.29) is 11.9 Å². The van der Waals surface area contributed by atoms with Crippen LogP contribution in [0.5, 0.6) is 0 Å². The smallest absolute Gasteiger partial charge is 0.305 e. The van der Waals surface area contributed by atoms with Crippen molar-refractivity contribution in [2.45, 2.75) is 175 Å². The van der Waals surface area contributed by atoms with Crippen molar-refractivity contribution in [2.24, 2.45) is 11.8 Å². The molecule has 1 aromatic rings. The molecule has 1 aromatic carbocycles. The number of esters is 2. The van der Waals surface area contributed by atoms with Crippen molar-refractivity contribution in [1.29, 1.82) is 0 Å². The van der Waals surface area contributed by atoms with Gasteiger partial charge in [0.05, 0.1) is 13.2 Å². The van der Waals surface area contributed by atoms with E-state index >= 15 is 0 Å². The number of unbranched alkanes of at least 4 members (excludes halogenated alkanes) is 8. The summed E-state index contributed by atoms with van der Waals surface area (Å²) >= 11 is 0. The summed E-state index contributed by atoms with van der Waals surface area (Å²) in [5.41, 5.74) is -0.0750. The minimum absolute atomic E-state index is 0.0506. The molecule has 9 nitrogen and oxygen atoms in total. The molecule has 0 saturated heterocycles. The summed E-state index contributed by atoms with van der Waals surface area (Å²) in [7, 11) is 1.66. The zero-order valence-corrected chi connectivity index (χ0v) is 33.6. The lowest BCUT2D eigenvalue weighted by atomic mass is 9.95. The highest BCUT2D eigenvalue weighted by molar-refractivity contribution is 5.73. The van der Waals surface area contributed by atoms with Crippen LogP contribution in [0.3, 0.4) is 0 Å². The number of anilines is 2. The van der Waals surface area contributed by atoms with E-state index < -0.39 is 10.9 Å². The monoisotopic (exact) mass is 720 g/mol. The molecule has 0 radical (unpaired) electrons. The Morgan fingerprint density at radius 3 is 1.37 bits per heavy atom. The third-order valence-corrected chi connectivity index (χ3v) is 10.2. The average Bonchev–Trinajstić information content (AvgIpc) is 3.11. The molecule has 0 unspecified atom stereocenters. The van der Waals surface area contributed by atoms with Gasteiger partial charge in [-0.3, -0.25) is 19.2 Å². The fraction of sp³-hybridized carbons (Fsp3) is 0.857. The van der Waals surface area contributed by atoms with Gasteiger partial charge < -0.3 is 25.0 Å². The molecule has 0 amide bonds. The molecule has 0 spiro atoms. The van der Waals surface area contributed by atoms with E-state index in [1.807, 2.05) is 0 Å². The quantitative estimate of drug-likeness (QED) is 0.0398. The summed E-state index contributed by atoms with van der Waals surface area (Å²) in [5.74, 6) is 1.25. The predicted octanol–water partition coefficient (Wildman–Crippen LogP) is 9.41. The number of carbonyl (C=O) groups is 2. The van der Waals surface area contributed by atoms with Gasteiger partial charge in [0.1, 0.15) is 11.4 Å². The lowest BCUT2D eigenvalue weighted by Crippen LogP contribution is -2.37. The average molecular weight is 720 g/mol.